The smallest absolute Gasteiger partial charge is 0.328 e. The van der Waals surface area contributed by atoms with Crippen molar-refractivity contribution in [3.63, 3.8) is 0 Å². The highest BCUT2D eigenvalue weighted by Crippen LogP contribution is 2.22. The Kier molecular flexibility index (Phi) is 8.66. The van der Waals surface area contributed by atoms with Crippen LogP contribution in [0.1, 0.15) is 49.9 Å². The van der Waals surface area contributed by atoms with Gasteiger partial charge in [-0.3, -0.25) is 9.59 Å². The van der Waals surface area contributed by atoms with Gasteiger partial charge in [0.25, 0.3) is 11.8 Å². The Balaban J connectivity index is 1.74. The molecule has 7 heteroatoms. The van der Waals surface area contributed by atoms with E-state index in [1.807, 2.05) is 45.0 Å². The minimum Gasteiger partial charge on any atom is -0.467 e. The molecule has 0 radical (unpaired) electrons. The van der Waals surface area contributed by atoms with E-state index < -0.39 is 12.0 Å². The van der Waals surface area contributed by atoms with Gasteiger partial charge in [-0.15, -0.1) is 0 Å². The molecule has 6 nitrogen and oxygen atoms in total. The number of aryl methyl sites for hydroxylation is 3. The van der Waals surface area contributed by atoms with Gasteiger partial charge < -0.3 is 15.4 Å². The third-order valence-electron chi connectivity index (χ3n) is 5.86. The number of anilines is 1. The fraction of sp³-hybridized carbons (Fsp3) is 0.250. The van der Waals surface area contributed by atoms with E-state index in [1.54, 1.807) is 36.4 Å². The van der Waals surface area contributed by atoms with Crippen LogP contribution in [0.2, 0.25) is 5.02 Å². The van der Waals surface area contributed by atoms with Crippen LogP contribution in [0, 0.1) is 13.8 Å². The van der Waals surface area contributed by atoms with E-state index in [9.17, 15) is 14.4 Å². The van der Waals surface area contributed by atoms with Crippen molar-refractivity contribution >= 4 is 35.1 Å². The zero-order chi connectivity index (χ0) is 25.5. The highest BCUT2D eigenvalue weighted by molar-refractivity contribution is 6.34. The molecule has 0 bridgehead atoms. The van der Waals surface area contributed by atoms with Crippen molar-refractivity contribution in [1.29, 1.82) is 0 Å². The Hall–Kier alpha value is -3.64. The molecule has 3 aromatic carbocycles. The fourth-order valence-electron chi connectivity index (χ4n) is 3.99. The van der Waals surface area contributed by atoms with E-state index >= 15 is 0 Å². The maximum absolute atomic E-state index is 13.1. The van der Waals surface area contributed by atoms with Crippen molar-refractivity contribution in [3.8, 4) is 0 Å². The SMILES string of the molecule is CCc1cccc(C)c1C(=O)NC(Cc1ccc(NC(=O)c2c(C)cccc2Cl)cc1)C(=O)OC. The second kappa shape index (κ2) is 11.7. The summed E-state index contributed by atoms with van der Waals surface area (Å²) < 4.78 is 4.93. The number of benzene rings is 3. The Labute approximate surface area is 210 Å². The quantitative estimate of drug-likeness (QED) is 0.419. The summed E-state index contributed by atoms with van der Waals surface area (Å²) in [5.41, 5.74) is 4.94. The second-order valence-electron chi connectivity index (χ2n) is 8.30. The third kappa shape index (κ3) is 6.28. The lowest BCUT2D eigenvalue weighted by Gasteiger charge is -2.19. The first-order valence-corrected chi connectivity index (χ1v) is 11.8. The number of carbonyl (C=O) groups is 3. The van der Waals surface area contributed by atoms with Crippen molar-refractivity contribution in [3.05, 3.63) is 99.1 Å². The largest absolute Gasteiger partial charge is 0.467 e. The first kappa shape index (κ1) is 26.0. The predicted molar refractivity (Wildman–Crippen MR) is 138 cm³/mol. The number of hydrogen-bond acceptors (Lipinski definition) is 4. The second-order valence-corrected chi connectivity index (χ2v) is 8.71. The fourth-order valence-corrected chi connectivity index (χ4v) is 4.29. The predicted octanol–water partition coefficient (Wildman–Crippen LogP) is 5.29. The van der Waals surface area contributed by atoms with E-state index in [4.69, 9.17) is 16.3 Å². The van der Waals surface area contributed by atoms with Crippen LogP contribution in [0.15, 0.2) is 60.7 Å². The van der Waals surface area contributed by atoms with Gasteiger partial charge in [0.2, 0.25) is 0 Å². The molecule has 0 fully saturated rings. The molecule has 3 aromatic rings. The van der Waals surface area contributed by atoms with Gasteiger partial charge in [0.1, 0.15) is 6.04 Å². The van der Waals surface area contributed by atoms with Crippen LogP contribution in [0.3, 0.4) is 0 Å². The van der Waals surface area contributed by atoms with Gasteiger partial charge in [0.05, 0.1) is 17.7 Å². The van der Waals surface area contributed by atoms with Crippen LogP contribution >= 0.6 is 11.6 Å². The van der Waals surface area contributed by atoms with Crippen molar-refractivity contribution < 1.29 is 19.1 Å². The maximum Gasteiger partial charge on any atom is 0.328 e. The molecule has 182 valence electrons. The van der Waals surface area contributed by atoms with E-state index in [2.05, 4.69) is 10.6 Å². The first-order chi connectivity index (χ1) is 16.7. The highest BCUT2D eigenvalue weighted by atomic mass is 35.5. The highest BCUT2D eigenvalue weighted by Gasteiger charge is 2.24. The zero-order valence-corrected chi connectivity index (χ0v) is 21.0. The average Bonchev–Trinajstić information content (AvgIpc) is 2.83. The van der Waals surface area contributed by atoms with Gasteiger partial charge in [-0.2, -0.15) is 0 Å². The van der Waals surface area contributed by atoms with Crippen LogP contribution in [-0.4, -0.2) is 30.9 Å². The van der Waals surface area contributed by atoms with Gasteiger partial charge in [0, 0.05) is 17.7 Å². The minimum absolute atomic E-state index is 0.240. The number of amides is 2. The van der Waals surface area contributed by atoms with Crippen molar-refractivity contribution in [2.24, 2.45) is 0 Å². The van der Waals surface area contributed by atoms with Gasteiger partial charge in [-0.1, -0.05) is 61.0 Å². The lowest BCUT2D eigenvalue weighted by atomic mass is 9.98. The summed E-state index contributed by atoms with van der Waals surface area (Å²) in [7, 11) is 1.29. The summed E-state index contributed by atoms with van der Waals surface area (Å²) in [6.45, 7) is 5.68. The summed E-state index contributed by atoms with van der Waals surface area (Å²) in [6, 6.07) is 17.2. The number of ether oxygens (including phenoxy) is 1. The summed E-state index contributed by atoms with van der Waals surface area (Å²) in [5, 5.41) is 6.06. The molecule has 35 heavy (non-hydrogen) atoms. The Morgan fingerprint density at radius 1 is 0.886 bits per heavy atom. The number of esters is 1. The van der Waals surface area contributed by atoms with Gasteiger partial charge in [-0.05, 0) is 60.7 Å². The van der Waals surface area contributed by atoms with Gasteiger partial charge in [0.15, 0.2) is 0 Å². The number of methoxy groups -OCH3 is 1. The molecule has 0 aliphatic rings. The monoisotopic (exact) mass is 492 g/mol. The molecular weight excluding hydrogens is 464 g/mol. The lowest BCUT2D eigenvalue weighted by molar-refractivity contribution is -0.142. The third-order valence-corrected chi connectivity index (χ3v) is 6.17. The van der Waals surface area contributed by atoms with Gasteiger partial charge >= 0.3 is 5.97 Å². The number of carbonyl (C=O) groups excluding carboxylic acids is 3. The van der Waals surface area contributed by atoms with Crippen molar-refractivity contribution in [1.82, 2.24) is 5.32 Å². The summed E-state index contributed by atoms with van der Waals surface area (Å²) in [6.07, 6.45) is 0.942. The zero-order valence-electron chi connectivity index (χ0n) is 20.3. The molecule has 1 atom stereocenters. The van der Waals surface area contributed by atoms with Crippen LogP contribution < -0.4 is 10.6 Å². The average molecular weight is 493 g/mol. The maximum atomic E-state index is 13.1. The molecule has 0 spiro atoms. The molecule has 0 saturated carbocycles. The first-order valence-electron chi connectivity index (χ1n) is 11.4. The molecule has 3 rings (SSSR count). The molecule has 2 N–H and O–H groups in total. The molecule has 0 aromatic heterocycles. The lowest BCUT2D eigenvalue weighted by Crippen LogP contribution is -2.43. The molecule has 1 unspecified atom stereocenters. The number of rotatable bonds is 8. The Morgan fingerprint density at radius 3 is 2.11 bits per heavy atom. The van der Waals surface area contributed by atoms with Crippen molar-refractivity contribution in [2.75, 3.05) is 12.4 Å². The normalized spacial score (nSPS) is 11.5. The summed E-state index contributed by atoms with van der Waals surface area (Å²) >= 11 is 6.19. The molecule has 2 amide bonds. The van der Waals surface area contributed by atoms with E-state index in [-0.39, 0.29) is 18.2 Å². The van der Waals surface area contributed by atoms with Crippen LogP contribution in [0.4, 0.5) is 5.69 Å². The number of halogens is 1. The molecule has 0 aliphatic carbocycles. The van der Waals surface area contributed by atoms with E-state index in [1.165, 1.54) is 7.11 Å². The standard InChI is InChI=1S/C28H29ClN2O4/c1-5-20-10-6-8-17(2)24(20)26(32)31-23(28(34)35-4)16-19-12-14-21(15-13-19)30-27(33)25-18(3)9-7-11-22(25)29/h6-15,23H,5,16H2,1-4H3,(H,30,33)(H,31,32). The van der Waals surface area contributed by atoms with Crippen LogP contribution in [0.25, 0.3) is 0 Å². The number of nitrogens with one attached hydrogen (secondary N) is 2. The number of hydrogen-bond donors (Lipinski definition) is 2. The molecule has 0 aliphatic heterocycles. The van der Waals surface area contributed by atoms with E-state index in [0.717, 1.165) is 22.3 Å². The Morgan fingerprint density at radius 2 is 1.51 bits per heavy atom. The summed E-state index contributed by atoms with van der Waals surface area (Å²) in [5.74, 6) is -1.14. The van der Waals surface area contributed by atoms with Crippen LogP contribution in [-0.2, 0) is 22.4 Å². The molecule has 0 heterocycles. The molecular formula is C28H29ClN2O4. The summed E-state index contributed by atoms with van der Waals surface area (Å²) in [4.78, 5) is 38.2. The van der Waals surface area contributed by atoms with Gasteiger partial charge in [-0.25, -0.2) is 4.79 Å². The van der Waals surface area contributed by atoms with Crippen LogP contribution in [0.5, 0.6) is 0 Å². The topological polar surface area (TPSA) is 84.5 Å². The van der Waals surface area contributed by atoms with E-state index in [0.29, 0.717) is 28.3 Å². The molecule has 0 saturated heterocycles. The van der Waals surface area contributed by atoms with Crippen molar-refractivity contribution in [2.45, 2.75) is 39.7 Å². The minimum atomic E-state index is -0.858. The Bertz CT molecular complexity index is 1220.